The third kappa shape index (κ3) is 2.84. The van der Waals surface area contributed by atoms with Gasteiger partial charge in [-0.25, -0.2) is 0 Å². The van der Waals surface area contributed by atoms with Crippen molar-refractivity contribution in [1.29, 1.82) is 0 Å². The van der Waals surface area contributed by atoms with Gasteiger partial charge in [-0.15, -0.1) is 0 Å². The average molecular weight is 264 g/mol. The first kappa shape index (κ1) is 14.1. The number of rotatable bonds is 3. The Morgan fingerprint density at radius 2 is 1.89 bits per heavy atom. The van der Waals surface area contributed by atoms with Gasteiger partial charge in [0.25, 0.3) is 5.91 Å². The van der Waals surface area contributed by atoms with E-state index in [2.05, 4.69) is 12.2 Å². The molecular weight excluding hydrogens is 240 g/mol. The molecule has 1 aromatic heterocycles. The normalized spacial score (nSPS) is 16.9. The molecule has 4 heteroatoms. The zero-order chi connectivity index (χ0) is 14.0. The van der Waals surface area contributed by atoms with Crippen LogP contribution in [0.2, 0.25) is 0 Å². The van der Waals surface area contributed by atoms with Crippen LogP contribution in [0.4, 0.5) is 0 Å². The van der Waals surface area contributed by atoms with Crippen molar-refractivity contribution in [2.75, 3.05) is 19.6 Å². The lowest BCUT2D eigenvalue weighted by Gasteiger charge is -2.32. The minimum atomic E-state index is 0.127. The molecule has 0 aliphatic carbocycles. The Hall–Kier alpha value is -1.29. The van der Waals surface area contributed by atoms with E-state index in [1.165, 1.54) is 0 Å². The molecule has 1 aromatic rings. The van der Waals surface area contributed by atoms with Gasteiger partial charge >= 0.3 is 0 Å². The van der Waals surface area contributed by atoms with Crippen molar-refractivity contribution < 1.29 is 9.21 Å². The predicted molar refractivity (Wildman–Crippen MR) is 75.5 cm³/mol. The van der Waals surface area contributed by atoms with Crippen molar-refractivity contribution in [2.24, 2.45) is 0 Å². The Kier molecular flexibility index (Phi) is 4.30. The molecule has 0 unspecified atom stereocenters. The van der Waals surface area contributed by atoms with E-state index >= 15 is 0 Å². The van der Waals surface area contributed by atoms with Crippen molar-refractivity contribution in [3.63, 3.8) is 0 Å². The minimum Gasteiger partial charge on any atom is -0.466 e. The fourth-order valence-corrected chi connectivity index (χ4v) is 2.84. The van der Waals surface area contributed by atoms with Crippen LogP contribution in [0.1, 0.15) is 47.2 Å². The highest BCUT2D eigenvalue weighted by Crippen LogP contribution is 2.23. The van der Waals surface area contributed by atoms with E-state index in [0.717, 1.165) is 55.1 Å². The number of amides is 1. The topological polar surface area (TPSA) is 45.5 Å². The second kappa shape index (κ2) is 5.78. The summed E-state index contributed by atoms with van der Waals surface area (Å²) in [6.07, 6.45) is 2.07. The van der Waals surface area contributed by atoms with Crippen molar-refractivity contribution >= 4 is 5.91 Å². The van der Waals surface area contributed by atoms with E-state index in [-0.39, 0.29) is 5.91 Å². The number of nitrogens with one attached hydrogen (secondary N) is 1. The summed E-state index contributed by atoms with van der Waals surface area (Å²) in [7, 11) is 0. The van der Waals surface area contributed by atoms with Gasteiger partial charge in [0.2, 0.25) is 0 Å². The Labute approximate surface area is 115 Å². The monoisotopic (exact) mass is 264 g/mol. The summed E-state index contributed by atoms with van der Waals surface area (Å²) >= 11 is 0. The molecule has 0 saturated carbocycles. The molecule has 2 heterocycles. The van der Waals surface area contributed by atoms with E-state index in [0.29, 0.717) is 6.04 Å². The zero-order valence-electron chi connectivity index (χ0n) is 12.4. The fourth-order valence-electron chi connectivity index (χ4n) is 2.84. The Balaban J connectivity index is 2.05. The smallest absolute Gasteiger partial charge is 0.257 e. The van der Waals surface area contributed by atoms with Gasteiger partial charge in [0, 0.05) is 24.7 Å². The zero-order valence-corrected chi connectivity index (χ0v) is 12.4. The first-order valence-corrected chi connectivity index (χ1v) is 7.13. The van der Waals surface area contributed by atoms with Gasteiger partial charge < -0.3 is 14.6 Å². The van der Waals surface area contributed by atoms with Gasteiger partial charge in [-0.05, 0) is 40.2 Å². The summed E-state index contributed by atoms with van der Waals surface area (Å²) in [5.41, 5.74) is 1.75. The number of likely N-dealkylation sites (tertiary alicyclic amines) is 1. The largest absolute Gasteiger partial charge is 0.466 e. The molecule has 0 atom stereocenters. The van der Waals surface area contributed by atoms with Gasteiger partial charge in [0.1, 0.15) is 11.5 Å². The standard InChI is InChI=1S/C15H24N2O2/c1-5-16-13-6-8-17(9-7-13)15(18)14-10(2)11(3)19-12(14)4/h13,16H,5-9H2,1-4H3. The molecule has 106 valence electrons. The van der Waals surface area contributed by atoms with Crippen LogP contribution < -0.4 is 5.32 Å². The quantitative estimate of drug-likeness (QED) is 0.912. The molecule has 1 aliphatic heterocycles. The number of nitrogens with zero attached hydrogens (tertiary/aromatic N) is 1. The number of hydrogen-bond donors (Lipinski definition) is 1. The van der Waals surface area contributed by atoms with Gasteiger partial charge in [-0.2, -0.15) is 0 Å². The maximum Gasteiger partial charge on any atom is 0.257 e. The highest BCUT2D eigenvalue weighted by molar-refractivity contribution is 5.96. The van der Waals surface area contributed by atoms with Crippen LogP contribution in [-0.2, 0) is 0 Å². The molecule has 1 amide bonds. The van der Waals surface area contributed by atoms with Gasteiger partial charge in [-0.1, -0.05) is 6.92 Å². The first-order chi connectivity index (χ1) is 9.04. The Morgan fingerprint density at radius 1 is 1.26 bits per heavy atom. The summed E-state index contributed by atoms with van der Waals surface area (Å²) in [6.45, 7) is 10.5. The molecular formula is C15H24N2O2. The molecule has 1 fully saturated rings. The van der Waals surface area contributed by atoms with E-state index < -0.39 is 0 Å². The van der Waals surface area contributed by atoms with Crippen LogP contribution in [0, 0.1) is 20.8 Å². The second-order valence-corrected chi connectivity index (χ2v) is 5.34. The number of carbonyl (C=O) groups is 1. The predicted octanol–water partition coefficient (Wildman–Crippen LogP) is 2.42. The lowest BCUT2D eigenvalue weighted by atomic mass is 10.0. The Morgan fingerprint density at radius 3 is 2.37 bits per heavy atom. The summed E-state index contributed by atoms with van der Waals surface area (Å²) in [5, 5.41) is 3.45. The van der Waals surface area contributed by atoms with E-state index in [1.807, 2.05) is 25.7 Å². The number of piperidine rings is 1. The average Bonchev–Trinajstić information content (AvgIpc) is 2.64. The second-order valence-electron chi connectivity index (χ2n) is 5.34. The minimum absolute atomic E-state index is 0.127. The van der Waals surface area contributed by atoms with Crippen molar-refractivity contribution in [1.82, 2.24) is 10.2 Å². The van der Waals surface area contributed by atoms with E-state index in [1.54, 1.807) is 0 Å². The maximum atomic E-state index is 12.6. The van der Waals surface area contributed by atoms with Gasteiger partial charge in [0.05, 0.1) is 5.56 Å². The lowest BCUT2D eigenvalue weighted by molar-refractivity contribution is 0.0703. The van der Waals surface area contributed by atoms with Crippen LogP contribution in [0.3, 0.4) is 0 Å². The Bertz CT molecular complexity index is 457. The molecule has 0 bridgehead atoms. The number of carbonyl (C=O) groups excluding carboxylic acids is 1. The number of aryl methyl sites for hydroxylation is 2. The molecule has 0 radical (unpaired) electrons. The molecule has 2 rings (SSSR count). The molecule has 19 heavy (non-hydrogen) atoms. The maximum absolute atomic E-state index is 12.6. The number of hydrogen-bond acceptors (Lipinski definition) is 3. The van der Waals surface area contributed by atoms with Crippen LogP contribution >= 0.6 is 0 Å². The molecule has 1 N–H and O–H groups in total. The summed E-state index contributed by atoms with van der Waals surface area (Å²) in [4.78, 5) is 14.5. The van der Waals surface area contributed by atoms with Crippen LogP contribution in [0.15, 0.2) is 4.42 Å². The third-order valence-electron chi connectivity index (χ3n) is 4.05. The van der Waals surface area contributed by atoms with E-state index in [4.69, 9.17) is 4.42 Å². The molecule has 0 aromatic carbocycles. The fraction of sp³-hybridized carbons (Fsp3) is 0.667. The van der Waals surface area contributed by atoms with Crippen molar-refractivity contribution in [2.45, 2.75) is 46.6 Å². The highest BCUT2D eigenvalue weighted by atomic mass is 16.3. The van der Waals surface area contributed by atoms with Crippen molar-refractivity contribution in [3.8, 4) is 0 Å². The number of furan rings is 1. The molecule has 1 aliphatic rings. The molecule has 4 nitrogen and oxygen atoms in total. The van der Waals surface area contributed by atoms with Crippen LogP contribution in [0.5, 0.6) is 0 Å². The van der Waals surface area contributed by atoms with Gasteiger partial charge in [-0.3, -0.25) is 4.79 Å². The first-order valence-electron chi connectivity index (χ1n) is 7.13. The molecule has 1 saturated heterocycles. The third-order valence-corrected chi connectivity index (χ3v) is 4.05. The van der Waals surface area contributed by atoms with Crippen LogP contribution in [-0.4, -0.2) is 36.5 Å². The summed E-state index contributed by atoms with van der Waals surface area (Å²) < 4.78 is 5.56. The molecule has 0 spiro atoms. The SMILES string of the molecule is CCNC1CCN(C(=O)c2c(C)oc(C)c2C)CC1. The van der Waals surface area contributed by atoms with Crippen molar-refractivity contribution in [3.05, 3.63) is 22.6 Å². The van der Waals surface area contributed by atoms with E-state index in [9.17, 15) is 4.79 Å². The summed E-state index contributed by atoms with van der Waals surface area (Å²) in [6, 6.07) is 0.558. The lowest BCUT2D eigenvalue weighted by Crippen LogP contribution is -2.45. The summed E-state index contributed by atoms with van der Waals surface area (Å²) in [5.74, 6) is 1.72. The highest BCUT2D eigenvalue weighted by Gasteiger charge is 2.27. The van der Waals surface area contributed by atoms with Gasteiger partial charge in [0.15, 0.2) is 0 Å². The van der Waals surface area contributed by atoms with Crippen LogP contribution in [0.25, 0.3) is 0 Å².